The highest BCUT2D eigenvalue weighted by Crippen LogP contribution is 2.29. The van der Waals surface area contributed by atoms with E-state index < -0.39 is 30.9 Å². The standard InChI is InChI=1S/C25H26O9/c1-16(2)10-11-32-18-6-7-19(22(13-18)34-15-25(29)30)20(26)8-4-17-5-9-21(23(12-17)31-3)33-14-24(27)28/h4-10,12-13H,11,14-15H2,1-3H3,(H,27,28)(H,29,30)/b8-4+. The lowest BCUT2D eigenvalue weighted by atomic mass is 10.1. The van der Waals surface area contributed by atoms with E-state index in [1.54, 1.807) is 18.2 Å². The number of benzene rings is 2. The number of hydrogen-bond acceptors (Lipinski definition) is 7. The van der Waals surface area contributed by atoms with Crippen molar-refractivity contribution in [3.05, 3.63) is 65.3 Å². The van der Waals surface area contributed by atoms with Gasteiger partial charge in [-0.15, -0.1) is 0 Å². The van der Waals surface area contributed by atoms with Gasteiger partial charge in [0.05, 0.1) is 12.7 Å². The molecule has 180 valence electrons. The maximum Gasteiger partial charge on any atom is 0.341 e. The number of hydrogen-bond donors (Lipinski definition) is 2. The number of carbonyl (C=O) groups excluding carboxylic acids is 1. The minimum Gasteiger partial charge on any atom is -0.493 e. The van der Waals surface area contributed by atoms with Gasteiger partial charge >= 0.3 is 11.9 Å². The fourth-order valence-corrected chi connectivity index (χ4v) is 2.67. The molecule has 2 aromatic rings. The summed E-state index contributed by atoms with van der Waals surface area (Å²) in [6, 6.07) is 9.33. The number of carboxylic acid groups (broad SMARTS) is 2. The number of carboxylic acids is 2. The van der Waals surface area contributed by atoms with Crippen molar-refractivity contribution in [3.63, 3.8) is 0 Å². The number of allylic oxidation sites excluding steroid dienone is 2. The highest BCUT2D eigenvalue weighted by Gasteiger charge is 2.14. The smallest absolute Gasteiger partial charge is 0.341 e. The molecular formula is C25H26O9. The summed E-state index contributed by atoms with van der Waals surface area (Å²) in [5.74, 6) is -1.64. The Hall–Kier alpha value is -4.27. The van der Waals surface area contributed by atoms with Crippen LogP contribution in [0.5, 0.6) is 23.0 Å². The van der Waals surface area contributed by atoms with Crippen molar-refractivity contribution in [1.29, 1.82) is 0 Å². The second kappa shape index (κ2) is 12.7. The van der Waals surface area contributed by atoms with Crippen LogP contribution in [0.25, 0.3) is 6.08 Å². The van der Waals surface area contributed by atoms with Crippen LogP contribution >= 0.6 is 0 Å². The lowest BCUT2D eigenvalue weighted by Gasteiger charge is -2.11. The van der Waals surface area contributed by atoms with Crippen LogP contribution in [0.4, 0.5) is 0 Å². The summed E-state index contributed by atoms with van der Waals surface area (Å²) in [6.07, 6.45) is 4.72. The second-order valence-corrected chi connectivity index (χ2v) is 7.22. The first-order valence-corrected chi connectivity index (χ1v) is 10.2. The third-order valence-electron chi connectivity index (χ3n) is 4.28. The van der Waals surface area contributed by atoms with Gasteiger partial charge in [0.15, 0.2) is 30.5 Å². The summed E-state index contributed by atoms with van der Waals surface area (Å²) < 4.78 is 21.3. The van der Waals surface area contributed by atoms with Crippen molar-refractivity contribution in [2.24, 2.45) is 0 Å². The topological polar surface area (TPSA) is 129 Å². The van der Waals surface area contributed by atoms with E-state index in [-0.39, 0.29) is 17.1 Å². The predicted octanol–water partition coefficient (Wildman–Crippen LogP) is 3.86. The molecule has 34 heavy (non-hydrogen) atoms. The molecule has 2 aromatic carbocycles. The molecule has 0 atom stereocenters. The molecule has 0 aliphatic carbocycles. The number of rotatable bonds is 13. The monoisotopic (exact) mass is 470 g/mol. The van der Waals surface area contributed by atoms with Crippen LogP contribution < -0.4 is 18.9 Å². The second-order valence-electron chi connectivity index (χ2n) is 7.22. The van der Waals surface area contributed by atoms with Gasteiger partial charge in [0, 0.05) is 6.07 Å². The van der Waals surface area contributed by atoms with E-state index in [9.17, 15) is 14.4 Å². The fourth-order valence-electron chi connectivity index (χ4n) is 2.67. The molecule has 0 spiro atoms. The minimum atomic E-state index is -1.18. The SMILES string of the molecule is COc1cc(/C=C/C(=O)c2ccc(OCC=C(C)C)cc2OCC(=O)O)ccc1OCC(=O)O. The van der Waals surface area contributed by atoms with Crippen LogP contribution in [0.2, 0.25) is 0 Å². The number of carbonyl (C=O) groups is 3. The van der Waals surface area contributed by atoms with Crippen molar-refractivity contribution in [2.75, 3.05) is 26.9 Å². The molecular weight excluding hydrogens is 444 g/mol. The maximum absolute atomic E-state index is 12.8. The number of ketones is 1. The van der Waals surface area contributed by atoms with Gasteiger partial charge < -0.3 is 29.2 Å². The molecule has 0 heterocycles. The summed E-state index contributed by atoms with van der Waals surface area (Å²) in [7, 11) is 1.41. The third-order valence-corrected chi connectivity index (χ3v) is 4.28. The highest BCUT2D eigenvalue weighted by molar-refractivity contribution is 6.08. The lowest BCUT2D eigenvalue weighted by molar-refractivity contribution is -0.140. The zero-order valence-electron chi connectivity index (χ0n) is 19.1. The van der Waals surface area contributed by atoms with Crippen LogP contribution in [-0.4, -0.2) is 54.9 Å². The molecule has 0 aliphatic heterocycles. The zero-order valence-corrected chi connectivity index (χ0v) is 19.1. The van der Waals surface area contributed by atoms with Crippen LogP contribution in [0, 0.1) is 0 Å². The number of methoxy groups -OCH3 is 1. The summed E-state index contributed by atoms with van der Waals surface area (Å²) in [5, 5.41) is 17.7. The van der Waals surface area contributed by atoms with Crippen LogP contribution in [0.1, 0.15) is 29.8 Å². The van der Waals surface area contributed by atoms with Crippen LogP contribution in [0.15, 0.2) is 54.1 Å². The van der Waals surface area contributed by atoms with Gasteiger partial charge in [-0.3, -0.25) is 4.79 Å². The van der Waals surface area contributed by atoms with Crippen molar-refractivity contribution in [1.82, 2.24) is 0 Å². The molecule has 0 aromatic heterocycles. The average molecular weight is 470 g/mol. The molecule has 0 radical (unpaired) electrons. The molecule has 2 rings (SSSR count). The lowest BCUT2D eigenvalue weighted by Crippen LogP contribution is -2.12. The first-order chi connectivity index (χ1) is 16.2. The van der Waals surface area contributed by atoms with Crippen molar-refractivity contribution in [2.45, 2.75) is 13.8 Å². The quantitative estimate of drug-likeness (QED) is 0.255. The number of ether oxygens (including phenoxy) is 4. The first kappa shape index (κ1) is 26.0. The minimum absolute atomic E-state index is 0.0850. The van der Waals surface area contributed by atoms with E-state index in [4.69, 9.17) is 29.2 Å². The Morgan fingerprint density at radius 2 is 1.53 bits per heavy atom. The van der Waals surface area contributed by atoms with Gasteiger partial charge in [-0.05, 0) is 55.8 Å². The van der Waals surface area contributed by atoms with E-state index in [0.29, 0.717) is 23.7 Å². The van der Waals surface area contributed by atoms with Crippen LogP contribution in [-0.2, 0) is 9.59 Å². The van der Waals surface area contributed by atoms with Gasteiger partial charge in [0.2, 0.25) is 0 Å². The Kier molecular flexibility index (Phi) is 9.70. The summed E-state index contributed by atoms with van der Waals surface area (Å²) >= 11 is 0. The molecule has 2 N–H and O–H groups in total. The van der Waals surface area contributed by atoms with Gasteiger partial charge in [0.25, 0.3) is 0 Å². The Morgan fingerprint density at radius 1 is 0.853 bits per heavy atom. The molecule has 0 amide bonds. The van der Waals surface area contributed by atoms with Crippen molar-refractivity contribution in [3.8, 4) is 23.0 Å². The van der Waals surface area contributed by atoms with E-state index in [2.05, 4.69) is 0 Å². The van der Waals surface area contributed by atoms with Crippen LogP contribution in [0.3, 0.4) is 0 Å². The molecule has 0 saturated heterocycles. The zero-order chi connectivity index (χ0) is 25.1. The highest BCUT2D eigenvalue weighted by atomic mass is 16.5. The van der Waals surface area contributed by atoms with Gasteiger partial charge in [-0.2, -0.15) is 0 Å². The normalized spacial score (nSPS) is 10.4. The molecule has 0 bridgehead atoms. The molecule has 9 heteroatoms. The Bertz CT molecular complexity index is 1100. The third kappa shape index (κ3) is 8.34. The van der Waals surface area contributed by atoms with E-state index in [1.807, 2.05) is 19.9 Å². The van der Waals surface area contributed by atoms with E-state index >= 15 is 0 Å². The molecule has 0 saturated carbocycles. The Balaban J connectivity index is 2.23. The Labute approximate surface area is 196 Å². The summed E-state index contributed by atoms with van der Waals surface area (Å²) in [4.78, 5) is 34.5. The predicted molar refractivity (Wildman–Crippen MR) is 124 cm³/mol. The molecule has 0 aliphatic rings. The van der Waals surface area contributed by atoms with Gasteiger partial charge in [-0.25, -0.2) is 9.59 Å². The average Bonchev–Trinajstić information content (AvgIpc) is 2.79. The molecule has 9 nitrogen and oxygen atoms in total. The van der Waals surface area contributed by atoms with E-state index in [1.165, 1.54) is 37.5 Å². The largest absolute Gasteiger partial charge is 0.493 e. The van der Waals surface area contributed by atoms with E-state index in [0.717, 1.165) is 5.57 Å². The van der Waals surface area contributed by atoms with Crippen molar-refractivity contribution < 1.29 is 43.5 Å². The summed E-state index contributed by atoms with van der Waals surface area (Å²) in [5.41, 5.74) is 1.85. The fraction of sp³-hybridized carbons (Fsp3) is 0.240. The van der Waals surface area contributed by atoms with Gasteiger partial charge in [0.1, 0.15) is 18.1 Å². The van der Waals surface area contributed by atoms with Gasteiger partial charge in [-0.1, -0.05) is 17.7 Å². The molecule has 0 fully saturated rings. The summed E-state index contributed by atoms with van der Waals surface area (Å²) in [6.45, 7) is 3.06. The van der Waals surface area contributed by atoms with Crippen molar-refractivity contribution >= 4 is 23.8 Å². The first-order valence-electron chi connectivity index (χ1n) is 10.2. The maximum atomic E-state index is 12.8. The Morgan fingerprint density at radius 3 is 2.15 bits per heavy atom. The number of aliphatic carboxylic acids is 2. The molecule has 0 unspecified atom stereocenters.